The van der Waals surface area contributed by atoms with Gasteiger partial charge in [-0.05, 0) is 25.7 Å². The molecule has 1 heterocycles. The second-order valence-corrected chi connectivity index (χ2v) is 5.97. The van der Waals surface area contributed by atoms with Crippen molar-refractivity contribution in [2.45, 2.75) is 66.1 Å². The number of rotatable bonds is 5. The van der Waals surface area contributed by atoms with E-state index in [0.29, 0.717) is 0 Å². The molecule has 1 amide bonds. The van der Waals surface area contributed by atoms with Gasteiger partial charge in [-0.25, -0.2) is 0 Å². The molecular formula is C15H27NO5. The van der Waals surface area contributed by atoms with Crippen LogP contribution in [0.2, 0.25) is 0 Å². The summed E-state index contributed by atoms with van der Waals surface area (Å²) in [7, 11) is 0. The molecule has 0 saturated carbocycles. The summed E-state index contributed by atoms with van der Waals surface area (Å²) < 4.78 is 16.8. The van der Waals surface area contributed by atoms with Gasteiger partial charge in [0.25, 0.3) is 0 Å². The predicted octanol–water partition coefficient (Wildman–Crippen LogP) is 1.48. The van der Waals surface area contributed by atoms with E-state index in [9.17, 15) is 9.59 Å². The van der Waals surface area contributed by atoms with Crippen molar-refractivity contribution in [2.24, 2.45) is 11.8 Å². The first-order valence-electron chi connectivity index (χ1n) is 7.43. The Morgan fingerprint density at radius 1 is 1.19 bits per heavy atom. The molecule has 6 heteroatoms. The van der Waals surface area contributed by atoms with Gasteiger partial charge in [0, 0.05) is 13.8 Å². The van der Waals surface area contributed by atoms with Crippen LogP contribution in [0.4, 0.5) is 0 Å². The van der Waals surface area contributed by atoms with Crippen molar-refractivity contribution < 1.29 is 23.8 Å². The molecule has 122 valence electrons. The molecule has 0 aliphatic carbocycles. The Balaban J connectivity index is 2.82. The highest BCUT2D eigenvalue weighted by atomic mass is 16.7. The molecule has 0 aromatic carbocycles. The maximum Gasteiger partial charge on any atom is 0.302 e. The molecule has 1 N–H and O–H groups in total. The number of esters is 1. The highest BCUT2D eigenvalue weighted by Gasteiger charge is 2.43. The second-order valence-electron chi connectivity index (χ2n) is 5.97. The zero-order valence-electron chi connectivity index (χ0n) is 13.7. The Morgan fingerprint density at radius 2 is 1.81 bits per heavy atom. The maximum atomic E-state index is 11.4. The summed E-state index contributed by atoms with van der Waals surface area (Å²) in [6.07, 6.45) is -0.806. The van der Waals surface area contributed by atoms with E-state index in [1.807, 2.05) is 27.7 Å². The van der Waals surface area contributed by atoms with E-state index in [1.165, 1.54) is 13.8 Å². The van der Waals surface area contributed by atoms with Crippen molar-refractivity contribution in [3.8, 4) is 0 Å². The van der Waals surface area contributed by atoms with Crippen molar-refractivity contribution in [1.82, 2.24) is 5.32 Å². The molecule has 0 radical (unpaired) electrons. The van der Waals surface area contributed by atoms with Crippen LogP contribution in [0.15, 0.2) is 0 Å². The quantitative estimate of drug-likeness (QED) is 0.779. The molecule has 0 bridgehead atoms. The maximum absolute atomic E-state index is 11.4. The van der Waals surface area contributed by atoms with Crippen molar-refractivity contribution in [2.75, 3.05) is 6.61 Å². The van der Waals surface area contributed by atoms with E-state index >= 15 is 0 Å². The summed E-state index contributed by atoms with van der Waals surface area (Å²) in [6.45, 7) is 11.0. The van der Waals surface area contributed by atoms with Gasteiger partial charge in [0.15, 0.2) is 6.29 Å². The first-order valence-corrected chi connectivity index (χ1v) is 7.43. The van der Waals surface area contributed by atoms with Crippen LogP contribution in [-0.2, 0) is 23.8 Å². The fraction of sp³-hybridized carbons (Fsp3) is 0.867. The summed E-state index contributed by atoms with van der Waals surface area (Å²) in [5.41, 5.74) is 0. The lowest BCUT2D eigenvalue weighted by Gasteiger charge is -2.44. The van der Waals surface area contributed by atoms with Crippen molar-refractivity contribution in [3.05, 3.63) is 0 Å². The van der Waals surface area contributed by atoms with E-state index in [-0.39, 0.29) is 48.6 Å². The van der Waals surface area contributed by atoms with Crippen LogP contribution in [0.25, 0.3) is 0 Å². The lowest BCUT2D eigenvalue weighted by molar-refractivity contribution is -0.254. The number of hydrogen-bond donors (Lipinski definition) is 1. The standard InChI is InChI=1S/C15H27NO5/c1-8(2)20-15-14(16-11(5)17)10(4)9(3)13(21-15)7-19-12(6)18/h8-10,13-15H,7H2,1-6H3,(H,16,17)/t9-,10+,13?,14?,15-/m1/s1. The molecule has 6 nitrogen and oxygen atoms in total. The summed E-state index contributed by atoms with van der Waals surface area (Å²) in [6, 6.07) is -0.214. The first kappa shape index (κ1) is 17.9. The van der Waals surface area contributed by atoms with Gasteiger partial charge in [0.2, 0.25) is 5.91 Å². The first-order chi connectivity index (χ1) is 9.72. The minimum absolute atomic E-state index is 0.0266. The molecular weight excluding hydrogens is 274 g/mol. The molecule has 0 aromatic rings. The summed E-state index contributed by atoms with van der Waals surface area (Å²) in [5.74, 6) is -0.164. The fourth-order valence-corrected chi connectivity index (χ4v) is 2.50. The molecule has 1 aliphatic heterocycles. The Kier molecular flexibility index (Phi) is 6.61. The molecule has 0 aromatic heterocycles. The minimum atomic E-state index is -0.541. The van der Waals surface area contributed by atoms with Crippen LogP contribution in [0.3, 0.4) is 0 Å². The minimum Gasteiger partial charge on any atom is -0.463 e. The Morgan fingerprint density at radius 3 is 2.29 bits per heavy atom. The third-order valence-corrected chi connectivity index (χ3v) is 3.81. The van der Waals surface area contributed by atoms with E-state index in [0.717, 1.165) is 0 Å². The highest BCUT2D eigenvalue weighted by molar-refractivity contribution is 5.73. The second kappa shape index (κ2) is 7.75. The zero-order chi connectivity index (χ0) is 16.2. The smallest absolute Gasteiger partial charge is 0.302 e. The third-order valence-electron chi connectivity index (χ3n) is 3.81. The molecule has 1 aliphatic rings. The van der Waals surface area contributed by atoms with Crippen molar-refractivity contribution >= 4 is 11.9 Å². The van der Waals surface area contributed by atoms with E-state index in [2.05, 4.69) is 5.32 Å². The van der Waals surface area contributed by atoms with Crippen LogP contribution < -0.4 is 5.32 Å². The lowest BCUT2D eigenvalue weighted by Crippen LogP contribution is -2.58. The number of carbonyl (C=O) groups excluding carboxylic acids is 2. The molecule has 5 atom stereocenters. The monoisotopic (exact) mass is 301 g/mol. The van der Waals surface area contributed by atoms with Gasteiger partial charge in [-0.3, -0.25) is 9.59 Å². The van der Waals surface area contributed by atoms with Crippen molar-refractivity contribution in [3.63, 3.8) is 0 Å². The summed E-state index contributed by atoms with van der Waals surface area (Å²) in [4.78, 5) is 22.4. The van der Waals surface area contributed by atoms with Crippen molar-refractivity contribution in [1.29, 1.82) is 0 Å². The van der Waals surface area contributed by atoms with E-state index in [4.69, 9.17) is 14.2 Å². The van der Waals surface area contributed by atoms with Gasteiger partial charge in [-0.2, -0.15) is 0 Å². The van der Waals surface area contributed by atoms with Gasteiger partial charge < -0.3 is 19.5 Å². The van der Waals surface area contributed by atoms with Crippen LogP contribution in [0.1, 0.15) is 41.5 Å². The van der Waals surface area contributed by atoms with Crippen LogP contribution in [0, 0.1) is 11.8 Å². The molecule has 1 fully saturated rings. The lowest BCUT2D eigenvalue weighted by atomic mass is 9.82. The molecule has 1 saturated heterocycles. The van der Waals surface area contributed by atoms with Gasteiger partial charge in [-0.1, -0.05) is 13.8 Å². The topological polar surface area (TPSA) is 73.9 Å². The highest BCUT2D eigenvalue weighted by Crippen LogP contribution is 2.32. The van der Waals surface area contributed by atoms with Crippen LogP contribution >= 0.6 is 0 Å². The zero-order valence-corrected chi connectivity index (χ0v) is 13.7. The largest absolute Gasteiger partial charge is 0.463 e. The van der Waals surface area contributed by atoms with Gasteiger partial charge in [-0.15, -0.1) is 0 Å². The van der Waals surface area contributed by atoms with Gasteiger partial charge in [0.05, 0.1) is 18.2 Å². The summed E-state index contributed by atoms with van der Waals surface area (Å²) in [5, 5.41) is 2.91. The Labute approximate surface area is 126 Å². The SMILES string of the molecule is CC(=O)NC1[C@H](OC(C)C)OC(COC(C)=O)[C@H](C)[C@@H]1C. The normalized spacial score (nSPS) is 32.8. The number of nitrogens with one attached hydrogen (secondary N) is 1. The average Bonchev–Trinajstić information content (AvgIpc) is 2.35. The van der Waals surface area contributed by atoms with Gasteiger partial charge >= 0.3 is 5.97 Å². The van der Waals surface area contributed by atoms with E-state index in [1.54, 1.807) is 0 Å². The number of hydrogen-bond acceptors (Lipinski definition) is 5. The summed E-state index contributed by atoms with van der Waals surface area (Å²) >= 11 is 0. The number of amides is 1. The molecule has 1 rings (SSSR count). The number of ether oxygens (including phenoxy) is 3. The van der Waals surface area contributed by atoms with Crippen LogP contribution in [-0.4, -0.2) is 43.0 Å². The Hall–Kier alpha value is -1.14. The molecule has 0 spiro atoms. The molecule has 21 heavy (non-hydrogen) atoms. The van der Waals surface area contributed by atoms with Gasteiger partial charge in [0.1, 0.15) is 6.61 Å². The van der Waals surface area contributed by atoms with Crippen LogP contribution in [0.5, 0.6) is 0 Å². The number of carbonyl (C=O) groups is 2. The average molecular weight is 301 g/mol. The Bertz CT molecular complexity index is 369. The predicted molar refractivity (Wildman–Crippen MR) is 77.4 cm³/mol. The third kappa shape index (κ3) is 5.28. The van der Waals surface area contributed by atoms with E-state index < -0.39 is 6.29 Å². The fourth-order valence-electron chi connectivity index (χ4n) is 2.50. The molecule has 2 unspecified atom stereocenters.